The van der Waals surface area contributed by atoms with Gasteiger partial charge in [-0.1, -0.05) is 0 Å². The molecule has 1 fully saturated rings. The van der Waals surface area contributed by atoms with E-state index in [0.717, 1.165) is 13.1 Å². The highest BCUT2D eigenvalue weighted by atomic mass is 16.2. The highest BCUT2D eigenvalue weighted by molar-refractivity contribution is 5.80. The number of carbonyl (C=O) groups excluding carboxylic acids is 1. The maximum Gasteiger partial charge on any atom is 0.238 e. The summed E-state index contributed by atoms with van der Waals surface area (Å²) in [6.07, 6.45) is 2.59. The van der Waals surface area contributed by atoms with E-state index < -0.39 is 0 Å². The SMILES string of the molecule is C[C@@H](N)C(=O)N(C)CCN1CCCC1. The van der Waals surface area contributed by atoms with Gasteiger partial charge >= 0.3 is 0 Å². The van der Waals surface area contributed by atoms with Gasteiger partial charge in [-0.2, -0.15) is 0 Å². The van der Waals surface area contributed by atoms with Gasteiger partial charge in [-0.3, -0.25) is 4.79 Å². The van der Waals surface area contributed by atoms with E-state index in [1.807, 2.05) is 7.05 Å². The van der Waals surface area contributed by atoms with E-state index in [2.05, 4.69) is 4.90 Å². The molecule has 1 saturated heterocycles. The molecule has 1 aliphatic rings. The molecular formula is C10H21N3O. The van der Waals surface area contributed by atoms with Gasteiger partial charge in [0.05, 0.1) is 6.04 Å². The third-order valence-corrected chi connectivity index (χ3v) is 2.72. The number of hydrogen-bond donors (Lipinski definition) is 1. The fourth-order valence-corrected chi connectivity index (χ4v) is 1.76. The minimum absolute atomic E-state index is 0.0317. The number of nitrogens with zero attached hydrogens (tertiary/aromatic N) is 2. The Labute approximate surface area is 86.0 Å². The molecular weight excluding hydrogens is 178 g/mol. The van der Waals surface area contributed by atoms with E-state index >= 15 is 0 Å². The topological polar surface area (TPSA) is 49.6 Å². The van der Waals surface area contributed by atoms with E-state index in [-0.39, 0.29) is 11.9 Å². The minimum Gasteiger partial charge on any atom is -0.343 e. The van der Waals surface area contributed by atoms with Gasteiger partial charge in [0, 0.05) is 20.1 Å². The molecule has 0 unspecified atom stereocenters. The molecule has 82 valence electrons. The minimum atomic E-state index is -0.376. The van der Waals surface area contributed by atoms with Gasteiger partial charge in [0.2, 0.25) is 5.91 Å². The summed E-state index contributed by atoms with van der Waals surface area (Å²) < 4.78 is 0. The number of likely N-dealkylation sites (N-methyl/N-ethyl adjacent to an activating group) is 1. The molecule has 0 aliphatic carbocycles. The van der Waals surface area contributed by atoms with Crippen LogP contribution in [0.2, 0.25) is 0 Å². The molecule has 0 radical (unpaired) electrons. The van der Waals surface area contributed by atoms with Crippen molar-refractivity contribution in [2.24, 2.45) is 5.73 Å². The Kier molecular flexibility index (Phi) is 4.35. The lowest BCUT2D eigenvalue weighted by atomic mass is 10.3. The van der Waals surface area contributed by atoms with Gasteiger partial charge in [-0.05, 0) is 32.9 Å². The Hall–Kier alpha value is -0.610. The molecule has 14 heavy (non-hydrogen) atoms. The maximum atomic E-state index is 11.4. The van der Waals surface area contributed by atoms with Gasteiger partial charge in [-0.25, -0.2) is 0 Å². The molecule has 0 aromatic rings. The van der Waals surface area contributed by atoms with Crippen LogP contribution in [0.1, 0.15) is 19.8 Å². The lowest BCUT2D eigenvalue weighted by molar-refractivity contribution is -0.131. The molecule has 1 atom stereocenters. The molecule has 0 bridgehead atoms. The number of hydrogen-bond acceptors (Lipinski definition) is 3. The zero-order valence-electron chi connectivity index (χ0n) is 9.20. The Morgan fingerprint density at radius 1 is 1.50 bits per heavy atom. The molecule has 1 aliphatic heterocycles. The van der Waals surface area contributed by atoms with Crippen LogP contribution in [0.15, 0.2) is 0 Å². The summed E-state index contributed by atoms with van der Waals surface area (Å²) in [5.41, 5.74) is 5.52. The average molecular weight is 199 g/mol. The van der Waals surface area contributed by atoms with Crippen LogP contribution < -0.4 is 5.73 Å². The van der Waals surface area contributed by atoms with Crippen molar-refractivity contribution in [1.29, 1.82) is 0 Å². The van der Waals surface area contributed by atoms with Crippen LogP contribution in [0.5, 0.6) is 0 Å². The van der Waals surface area contributed by atoms with Crippen molar-refractivity contribution in [2.75, 3.05) is 33.2 Å². The molecule has 0 saturated carbocycles. The third-order valence-electron chi connectivity index (χ3n) is 2.72. The molecule has 1 amide bonds. The molecule has 0 aromatic carbocycles. The predicted molar refractivity (Wildman–Crippen MR) is 57.0 cm³/mol. The van der Waals surface area contributed by atoms with Crippen LogP contribution in [-0.4, -0.2) is 55.0 Å². The van der Waals surface area contributed by atoms with E-state index in [1.54, 1.807) is 11.8 Å². The lowest BCUT2D eigenvalue weighted by Crippen LogP contribution is -2.42. The van der Waals surface area contributed by atoms with Crippen molar-refractivity contribution < 1.29 is 4.79 Å². The van der Waals surface area contributed by atoms with Gasteiger partial charge in [0.15, 0.2) is 0 Å². The van der Waals surface area contributed by atoms with Crippen LogP contribution in [0, 0.1) is 0 Å². The fraction of sp³-hybridized carbons (Fsp3) is 0.900. The Morgan fingerprint density at radius 3 is 2.57 bits per heavy atom. The van der Waals surface area contributed by atoms with Crippen molar-refractivity contribution in [2.45, 2.75) is 25.8 Å². The van der Waals surface area contributed by atoms with E-state index in [1.165, 1.54) is 25.9 Å². The van der Waals surface area contributed by atoms with Gasteiger partial charge in [-0.15, -0.1) is 0 Å². The van der Waals surface area contributed by atoms with E-state index in [9.17, 15) is 4.79 Å². The van der Waals surface area contributed by atoms with Crippen molar-refractivity contribution in [3.05, 3.63) is 0 Å². The highest BCUT2D eigenvalue weighted by Crippen LogP contribution is 2.06. The van der Waals surface area contributed by atoms with Crippen molar-refractivity contribution in [3.8, 4) is 0 Å². The average Bonchev–Trinajstić information content (AvgIpc) is 2.65. The Morgan fingerprint density at radius 2 is 2.07 bits per heavy atom. The number of nitrogens with two attached hydrogens (primary N) is 1. The fourth-order valence-electron chi connectivity index (χ4n) is 1.76. The molecule has 1 rings (SSSR count). The first-order chi connectivity index (χ1) is 6.61. The van der Waals surface area contributed by atoms with Crippen molar-refractivity contribution in [3.63, 3.8) is 0 Å². The smallest absolute Gasteiger partial charge is 0.238 e. The van der Waals surface area contributed by atoms with Crippen LogP contribution in [0.25, 0.3) is 0 Å². The molecule has 2 N–H and O–H groups in total. The second-order valence-corrected chi connectivity index (χ2v) is 4.10. The zero-order chi connectivity index (χ0) is 10.6. The quantitative estimate of drug-likeness (QED) is 0.687. The normalized spacial score (nSPS) is 19.6. The second kappa shape index (κ2) is 5.32. The largest absolute Gasteiger partial charge is 0.343 e. The summed E-state index contributed by atoms with van der Waals surface area (Å²) in [4.78, 5) is 15.5. The monoisotopic (exact) mass is 199 g/mol. The molecule has 0 aromatic heterocycles. The van der Waals surface area contributed by atoms with Gasteiger partial charge in [0.25, 0.3) is 0 Å². The molecule has 0 spiro atoms. The van der Waals surface area contributed by atoms with Crippen LogP contribution >= 0.6 is 0 Å². The second-order valence-electron chi connectivity index (χ2n) is 4.10. The maximum absolute atomic E-state index is 11.4. The van der Waals surface area contributed by atoms with Crippen molar-refractivity contribution in [1.82, 2.24) is 9.80 Å². The standard InChI is InChI=1S/C10H21N3O/c1-9(11)10(14)12(2)7-8-13-5-3-4-6-13/h9H,3-8,11H2,1-2H3/t9-/m1/s1. The van der Waals surface area contributed by atoms with Crippen molar-refractivity contribution >= 4 is 5.91 Å². The van der Waals surface area contributed by atoms with Gasteiger partial charge in [0.1, 0.15) is 0 Å². The summed E-state index contributed by atoms with van der Waals surface area (Å²) in [7, 11) is 1.82. The highest BCUT2D eigenvalue weighted by Gasteiger charge is 2.16. The first kappa shape index (κ1) is 11.5. The first-order valence-corrected chi connectivity index (χ1v) is 5.34. The molecule has 1 heterocycles. The Bertz CT molecular complexity index is 188. The van der Waals surface area contributed by atoms with Crippen LogP contribution in [0.4, 0.5) is 0 Å². The van der Waals surface area contributed by atoms with Gasteiger partial charge < -0.3 is 15.5 Å². The number of carbonyl (C=O) groups is 1. The summed E-state index contributed by atoms with van der Waals surface area (Å²) in [5, 5.41) is 0. The molecule has 4 heteroatoms. The molecule has 4 nitrogen and oxygen atoms in total. The Balaban J connectivity index is 2.19. The summed E-state index contributed by atoms with van der Waals surface area (Å²) in [5.74, 6) is 0.0317. The number of amides is 1. The zero-order valence-corrected chi connectivity index (χ0v) is 9.20. The van der Waals surface area contributed by atoms with Crippen LogP contribution in [-0.2, 0) is 4.79 Å². The lowest BCUT2D eigenvalue weighted by Gasteiger charge is -2.22. The van der Waals surface area contributed by atoms with E-state index in [4.69, 9.17) is 5.73 Å². The third kappa shape index (κ3) is 3.27. The summed E-state index contributed by atoms with van der Waals surface area (Å²) in [6.45, 7) is 5.87. The van der Waals surface area contributed by atoms with Crippen LogP contribution in [0.3, 0.4) is 0 Å². The van der Waals surface area contributed by atoms with E-state index in [0.29, 0.717) is 0 Å². The first-order valence-electron chi connectivity index (χ1n) is 5.34. The summed E-state index contributed by atoms with van der Waals surface area (Å²) >= 11 is 0. The number of likely N-dealkylation sites (tertiary alicyclic amines) is 1. The number of rotatable bonds is 4. The summed E-state index contributed by atoms with van der Waals surface area (Å²) in [6, 6.07) is -0.376. The predicted octanol–water partition coefficient (Wildman–Crippen LogP) is -0.112.